The Balaban J connectivity index is 2.46. The first-order chi connectivity index (χ1) is 7.12. The first kappa shape index (κ1) is 9.97. The van der Waals surface area contributed by atoms with Crippen molar-refractivity contribution in [2.75, 3.05) is 5.75 Å². The van der Waals surface area contributed by atoms with E-state index < -0.39 is 10.1 Å². The van der Waals surface area contributed by atoms with Crippen LogP contribution in [0, 0.1) is 0 Å². The van der Waals surface area contributed by atoms with Crippen LogP contribution in [-0.4, -0.2) is 19.3 Å². The van der Waals surface area contributed by atoms with Gasteiger partial charge in [0, 0.05) is 0 Å². The maximum atomic E-state index is 11.2. The second kappa shape index (κ2) is 3.54. The van der Waals surface area contributed by atoms with E-state index in [-0.39, 0.29) is 11.6 Å². The summed E-state index contributed by atoms with van der Waals surface area (Å²) in [4.78, 5) is 0. The van der Waals surface area contributed by atoms with Gasteiger partial charge in [-0.1, -0.05) is 12.1 Å². The average molecular weight is 227 g/mol. The number of aromatic nitrogens is 1. The Labute approximate surface area is 86.8 Å². The molecule has 0 aliphatic rings. The molecule has 0 aliphatic heterocycles. The van der Waals surface area contributed by atoms with E-state index in [1.807, 2.05) is 0 Å². The number of hydrogen-bond acceptors (Lipinski definition) is 5. The molecule has 1 heterocycles. The summed E-state index contributed by atoms with van der Waals surface area (Å²) < 4.78 is 32.1. The Kier molecular flexibility index (Phi) is 2.36. The number of benzene rings is 1. The number of rotatable bonds is 3. The molecule has 1 aromatic heterocycles. The molecule has 0 aliphatic carbocycles. The van der Waals surface area contributed by atoms with E-state index in [0.717, 1.165) is 0 Å². The molecule has 80 valence electrons. The summed E-state index contributed by atoms with van der Waals surface area (Å²) in [5.41, 5.74) is 0.499. The van der Waals surface area contributed by atoms with E-state index in [9.17, 15) is 8.42 Å². The van der Waals surface area contributed by atoms with Crippen molar-refractivity contribution < 1.29 is 17.1 Å². The lowest BCUT2D eigenvalue weighted by molar-refractivity contribution is 0.404. The van der Waals surface area contributed by atoms with Crippen LogP contribution in [-0.2, 0) is 10.1 Å². The van der Waals surface area contributed by atoms with Crippen LogP contribution in [0.15, 0.2) is 28.8 Å². The van der Waals surface area contributed by atoms with Crippen LogP contribution in [0.3, 0.4) is 0 Å². The van der Waals surface area contributed by atoms with Crippen molar-refractivity contribution in [1.82, 2.24) is 5.16 Å². The smallest absolute Gasteiger partial charge is 0.310 e. The summed E-state index contributed by atoms with van der Waals surface area (Å²) in [6.07, 6.45) is 0. The zero-order chi connectivity index (χ0) is 10.9. The highest BCUT2D eigenvalue weighted by Gasteiger charge is 2.15. The fraction of sp³-hybridized carbons (Fsp3) is 0.222. The third-order valence-electron chi connectivity index (χ3n) is 1.90. The Bertz CT molecular complexity index is 573. The van der Waals surface area contributed by atoms with Gasteiger partial charge in [-0.25, -0.2) is 0 Å². The monoisotopic (exact) mass is 227 g/mol. The Morgan fingerprint density at radius 2 is 2.13 bits per heavy atom. The average Bonchev–Trinajstić information content (AvgIpc) is 2.62. The van der Waals surface area contributed by atoms with Gasteiger partial charge in [0.25, 0.3) is 5.88 Å². The first-order valence-corrected chi connectivity index (χ1v) is 5.96. The van der Waals surface area contributed by atoms with Crippen molar-refractivity contribution in [3.05, 3.63) is 24.3 Å². The highest BCUT2D eigenvalue weighted by Crippen LogP contribution is 2.25. The van der Waals surface area contributed by atoms with Gasteiger partial charge in [-0.15, -0.1) is 0 Å². The van der Waals surface area contributed by atoms with Gasteiger partial charge in [-0.2, -0.15) is 8.42 Å². The predicted octanol–water partition coefficient (Wildman–Crippen LogP) is 1.56. The molecule has 0 amide bonds. The number of fused-ring (bicyclic) bond motifs is 1. The van der Waals surface area contributed by atoms with Gasteiger partial charge < -0.3 is 8.71 Å². The highest BCUT2D eigenvalue weighted by atomic mass is 32.2. The summed E-state index contributed by atoms with van der Waals surface area (Å²) in [6.45, 7) is 1.50. The van der Waals surface area contributed by atoms with Gasteiger partial charge in [0.1, 0.15) is 0 Å². The van der Waals surface area contributed by atoms with E-state index in [0.29, 0.717) is 11.0 Å². The normalized spacial score (nSPS) is 11.8. The van der Waals surface area contributed by atoms with Crippen LogP contribution in [0.5, 0.6) is 5.88 Å². The van der Waals surface area contributed by atoms with Gasteiger partial charge in [0.05, 0.1) is 11.1 Å². The molecule has 0 spiro atoms. The summed E-state index contributed by atoms with van der Waals surface area (Å²) in [5.74, 6) is -0.110. The Hall–Kier alpha value is -1.56. The van der Waals surface area contributed by atoms with Crippen LogP contribution in [0.1, 0.15) is 6.92 Å². The summed E-state index contributed by atoms with van der Waals surface area (Å²) in [7, 11) is -3.56. The van der Waals surface area contributed by atoms with Crippen molar-refractivity contribution in [2.45, 2.75) is 6.92 Å². The fourth-order valence-corrected chi connectivity index (χ4v) is 1.58. The fourth-order valence-electron chi connectivity index (χ4n) is 1.10. The zero-order valence-electron chi connectivity index (χ0n) is 8.00. The summed E-state index contributed by atoms with van der Waals surface area (Å²) in [6, 6.07) is 6.90. The first-order valence-electron chi connectivity index (χ1n) is 4.39. The number of nitrogens with zero attached hydrogens (tertiary/aromatic N) is 1. The molecule has 0 fully saturated rings. The lowest BCUT2D eigenvalue weighted by Crippen LogP contribution is -2.11. The molecule has 2 aromatic rings. The van der Waals surface area contributed by atoms with Crippen molar-refractivity contribution in [1.29, 1.82) is 0 Å². The molecule has 0 unspecified atom stereocenters. The van der Waals surface area contributed by atoms with Crippen LogP contribution in [0.25, 0.3) is 11.0 Å². The molecule has 0 saturated carbocycles. The molecule has 0 saturated heterocycles. The minimum absolute atomic E-state index is 0.00699. The molecule has 5 nitrogen and oxygen atoms in total. The molecule has 15 heavy (non-hydrogen) atoms. The van der Waals surface area contributed by atoms with Crippen LogP contribution >= 0.6 is 0 Å². The van der Waals surface area contributed by atoms with E-state index >= 15 is 0 Å². The standard InChI is InChI=1S/C9H9NO4S/c1-2-15(11,12)14-9-7-5-3-4-6-8(7)13-10-9/h3-6H,2H2,1H3. The quantitative estimate of drug-likeness (QED) is 0.744. The van der Waals surface area contributed by atoms with Gasteiger partial charge in [0.2, 0.25) is 0 Å². The second-order valence-corrected chi connectivity index (χ2v) is 4.77. The minimum atomic E-state index is -3.56. The topological polar surface area (TPSA) is 69.4 Å². The third-order valence-corrected chi connectivity index (χ3v) is 3.02. The molecular formula is C9H9NO4S. The van der Waals surface area contributed by atoms with Crippen LogP contribution < -0.4 is 4.18 Å². The van der Waals surface area contributed by atoms with Gasteiger partial charge >= 0.3 is 10.1 Å². The van der Waals surface area contributed by atoms with Crippen molar-refractivity contribution >= 4 is 21.1 Å². The maximum absolute atomic E-state index is 11.2. The summed E-state index contributed by atoms with van der Waals surface area (Å²) >= 11 is 0. The van der Waals surface area contributed by atoms with E-state index in [1.165, 1.54) is 6.92 Å². The van der Waals surface area contributed by atoms with Crippen LogP contribution in [0.2, 0.25) is 0 Å². The largest absolute Gasteiger partial charge is 0.358 e. The van der Waals surface area contributed by atoms with E-state index in [1.54, 1.807) is 24.3 Å². The SMILES string of the molecule is CCS(=O)(=O)Oc1noc2ccccc12. The molecule has 0 N–H and O–H groups in total. The minimum Gasteiger partial charge on any atom is -0.358 e. The molecule has 6 heteroatoms. The lowest BCUT2D eigenvalue weighted by atomic mass is 10.3. The third kappa shape index (κ3) is 1.94. The van der Waals surface area contributed by atoms with Gasteiger partial charge in [-0.05, 0) is 24.2 Å². The molecule has 0 atom stereocenters. The van der Waals surface area contributed by atoms with Gasteiger partial charge in [-0.3, -0.25) is 0 Å². The molecule has 1 aromatic carbocycles. The van der Waals surface area contributed by atoms with Crippen LogP contribution in [0.4, 0.5) is 0 Å². The number of para-hydroxylation sites is 1. The Morgan fingerprint density at radius 1 is 1.40 bits per heavy atom. The molecule has 2 rings (SSSR count). The van der Waals surface area contributed by atoms with E-state index in [4.69, 9.17) is 8.71 Å². The van der Waals surface area contributed by atoms with Crippen molar-refractivity contribution in [3.63, 3.8) is 0 Å². The maximum Gasteiger partial charge on any atom is 0.310 e. The van der Waals surface area contributed by atoms with E-state index in [2.05, 4.69) is 5.16 Å². The van der Waals surface area contributed by atoms with Crippen molar-refractivity contribution in [3.8, 4) is 5.88 Å². The lowest BCUT2D eigenvalue weighted by Gasteiger charge is -1.99. The zero-order valence-corrected chi connectivity index (χ0v) is 8.82. The molecular weight excluding hydrogens is 218 g/mol. The predicted molar refractivity (Wildman–Crippen MR) is 54.1 cm³/mol. The van der Waals surface area contributed by atoms with Crippen molar-refractivity contribution in [2.24, 2.45) is 0 Å². The number of hydrogen-bond donors (Lipinski definition) is 0. The highest BCUT2D eigenvalue weighted by molar-refractivity contribution is 7.87. The summed E-state index contributed by atoms with van der Waals surface area (Å²) in [5, 5.41) is 4.10. The second-order valence-electron chi connectivity index (χ2n) is 2.91. The molecule has 0 radical (unpaired) electrons. The molecule has 0 bridgehead atoms. The van der Waals surface area contributed by atoms with Gasteiger partial charge in [0.15, 0.2) is 5.58 Å². The Morgan fingerprint density at radius 3 is 2.87 bits per heavy atom.